The average Bonchev–Trinajstić information content (AvgIpc) is 2.56. The highest BCUT2D eigenvalue weighted by Crippen LogP contribution is 2.43. The first-order valence-corrected chi connectivity index (χ1v) is 8.72. The third kappa shape index (κ3) is 3.03. The van der Waals surface area contributed by atoms with Crippen LogP contribution in [-0.4, -0.2) is 59.5 Å². The van der Waals surface area contributed by atoms with Crippen LogP contribution in [0.4, 0.5) is 0 Å². The first-order chi connectivity index (χ1) is 11.2. The van der Waals surface area contributed by atoms with Gasteiger partial charge in [0.25, 0.3) is 0 Å². The molecule has 2 heterocycles. The van der Waals surface area contributed by atoms with Gasteiger partial charge in [-0.1, -0.05) is 6.92 Å². The summed E-state index contributed by atoms with van der Waals surface area (Å²) in [6.07, 6.45) is 8.28. The number of aromatic nitrogens is 1. The van der Waals surface area contributed by atoms with E-state index in [0.29, 0.717) is 6.61 Å². The van der Waals surface area contributed by atoms with Crippen molar-refractivity contribution in [1.82, 2.24) is 15.2 Å². The van der Waals surface area contributed by atoms with Crippen LogP contribution in [0, 0.1) is 0 Å². The number of aliphatic hydroxyl groups excluding tert-OH is 1. The Balaban J connectivity index is 1.71. The van der Waals surface area contributed by atoms with Crippen molar-refractivity contribution < 1.29 is 9.84 Å². The number of pyridine rings is 1. The van der Waals surface area contributed by atoms with E-state index in [-0.39, 0.29) is 23.7 Å². The number of nitrogens with one attached hydrogen (secondary N) is 1. The number of hydrogen-bond acceptors (Lipinski definition) is 5. The van der Waals surface area contributed by atoms with Gasteiger partial charge < -0.3 is 15.2 Å². The number of aliphatic hydroxyl groups is 1. The minimum absolute atomic E-state index is 0.116. The number of likely N-dealkylation sites (N-methyl/N-ethyl adjacent to an activating group) is 1. The van der Waals surface area contributed by atoms with Crippen molar-refractivity contribution in [3.8, 4) is 0 Å². The summed E-state index contributed by atoms with van der Waals surface area (Å²) < 4.78 is 5.92. The van der Waals surface area contributed by atoms with E-state index in [2.05, 4.69) is 41.3 Å². The summed E-state index contributed by atoms with van der Waals surface area (Å²) in [6.45, 7) is 4.40. The van der Waals surface area contributed by atoms with E-state index >= 15 is 0 Å². The van der Waals surface area contributed by atoms with E-state index in [1.54, 1.807) is 0 Å². The zero-order valence-electron chi connectivity index (χ0n) is 14.3. The first-order valence-electron chi connectivity index (χ1n) is 8.72. The summed E-state index contributed by atoms with van der Waals surface area (Å²) in [7, 11) is 2.16. The summed E-state index contributed by atoms with van der Waals surface area (Å²) in [5.74, 6) is 0. The van der Waals surface area contributed by atoms with Gasteiger partial charge in [0.1, 0.15) is 0 Å². The summed E-state index contributed by atoms with van der Waals surface area (Å²) in [4.78, 5) is 6.50. The molecular formula is C18H29N3O2. The molecule has 5 heteroatoms. The van der Waals surface area contributed by atoms with Gasteiger partial charge in [0.2, 0.25) is 0 Å². The van der Waals surface area contributed by atoms with Crippen LogP contribution in [0.25, 0.3) is 0 Å². The molecule has 23 heavy (non-hydrogen) atoms. The van der Waals surface area contributed by atoms with Gasteiger partial charge in [-0.05, 0) is 50.4 Å². The molecule has 1 aliphatic carbocycles. The summed E-state index contributed by atoms with van der Waals surface area (Å²) >= 11 is 0. The highest BCUT2D eigenvalue weighted by molar-refractivity contribution is 5.15. The Kier molecular flexibility index (Phi) is 5.01. The zero-order chi connectivity index (χ0) is 16.3. The molecule has 0 amide bonds. The normalized spacial score (nSPS) is 28.5. The molecule has 1 saturated carbocycles. The number of hydrogen-bond donors (Lipinski definition) is 2. The molecule has 1 spiro atoms. The molecule has 128 valence electrons. The van der Waals surface area contributed by atoms with Gasteiger partial charge in [-0.15, -0.1) is 0 Å². The average molecular weight is 319 g/mol. The molecule has 1 aromatic heterocycles. The number of nitrogens with zero attached hydrogens (tertiary/aromatic N) is 2. The maximum atomic E-state index is 10.1. The van der Waals surface area contributed by atoms with Crippen LogP contribution in [0.1, 0.15) is 44.2 Å². The molecule has 2 fully saturated rings. The Labute approximate surface area is 139 Å². The highest BCUT2D eigenvalue weighted by Gasteiger charge is 2.52. The lowest BCUT2D eigenvalue weighted by Gasteiger charge is -2.59. The van der Waals surface area contributed by atoms with Crippen LogP contribution in [0.5, 0.6) is 0 Å². The lowest BCUT2D eigenvalue weighted by molar-refractivity contribution is -0.180. The van der Waals surface area contributed by atoms with Crippen molar-refractivity contribution in [3.63, 3.8) is 0 Å². The molecule has 1 aromatic rings. The predicted molar refractivity (Wildman–Crippen MR) is 90.3 cm³/mol. The van der Waals surface area contributed by atoms with E-state index < -0.39 is 0 Å². The Morgan fingerprint density at radius 2 is 2.09 bits per heavy atom. The van der Waals surface area contributed by atoms with Crippen LogP contribution in [0.2, 0.25) is 0 Å². The van der Waals surface area contributed by atoms with Crippen LogP contribution in [0.3, 0.4) is 0 Å². The summed E-state index contributed by atoms with van der Waals surface area (Å²) in [6, 6.07) is 4.39. The van der Waals surface area contributed by atoms with Gasteiger partial charge in [-0.2, -0.15) is 0 Å². The van der Waals surface area contributed by atoms with Gasteiger partial charge in [0, 0.05) is 30.5 Å². The molecule has 0 radical (unpaired) electrons. The lowest BCUT2D eigenvalue weighted by atomic mass is 9.72. The Morgan fingerprint density at radius 3 is 2.65 bits per heavy atom. The van der Waals surface area contributed by atoms with E-state index in [1.165, 1.54) is 24.8 Å². The Hall–Kier alpha value is -1.01. The largest absolute Gasteiger partial charge is 0.394 e. The fraction of sp³-hybridized carbons (Fsp3) is 0.722. The van der Waals surface area contributed by atoms with Crippen molar-refractivity contribution in [2.24, 2.45) is 0 Å². The standard InChI is InChI=1S/C18H29N3O2/c1-3-16(15-5-9-19-10-6-15)20-11-18(12-22)14-23-13-17(21(18)2)7-4-8-17/h5-6,9-10,16,20,22H,3-4,7-8,11-14H2,1-2H3. The van der Waals surface area contributed by atoms with Crippen molar-refractivity contribution in [1.29, 1.82) is 0 Å². The molecule has 5 nitrogen and oxygen atoms in total. The fourth-order valence-electron chi connectivity index (χ4n) is 3.98. The van der Waals surface area contributed by atoms with Crippen molar-refractivity contribution in [2.45, 2.75) is 49.7 Å². The van der Waals surface area contributed by atoms with Crippen molar-refractivity contribution in [3.05, 3.63) is 30.1 Å². The molecule has 2 atom stereocenters. The van der Waals surface area contributed by atoms with Crippen LogP contribution in [0.15, 0.2) is 24.5 Å². The second kappa shape index (κ2) is 6.85. The summed E-state index contributed by atoms with van der Waals surface area (Å²) in [5.41, 5.74) is 1.05. The number of rotatable bonds is 6. The van der Waals surface area contributed by atoms with Gasteiger partial charge >= 0.3 is 0 Å². The van der Waals surface area contributed by atoms with Gasteiger partial charge in [-0.25, -0.2) is 0 Å². The summed E-state index contributed by atoms with van der Waals surface area (Å²) in [5, 5.41) is 13.8. The SMILES string of the molecule is CCC(NCC1(CO)COCC2(CCC2)N1C)c1ccncc1. The van der Waals surface area contributed by atoms with Crippen LogP contribution in [-0.2, 0) is 4.74 Å². The Bertz CT molecular complexity index is 506. The first kappa shape index (κ1) is 16.8. The quantitative estimate of drug-likeness (QED) is 0.836. The lowest BCUT2D eigenvalue weighted by Crippen LogP contribution is -2.73. The molecule has 2 aliphatic rings. The smallest absolute Gasteiger partial charge is 0.0804 e. The van der Waals surface area contributed by atoms with E-state index in [0.717, 1.165) is 19.6 Å². The second-order valence-electron chi connectivity index (χ2n) is 7.13. The molecule has 1 saturated heterocycles. The van der Waals surface area contributed by atoms with E-state index in [9.17, 15) is 5.11 Å². The van der Waals surface area contributed by atoms with Crippen LogP contribution < -0.4 is 5.32 Å². The number of morpholine rings is 1. The van der Waals surface area contributed by atoms with Crippen molar-refractivity contribution in [2.75, 3.05) is 33.4 Å². The molecule has 0 aromatic carbocycles. The minimum atomic E-state index is -0.334. The Morgan fingerprint density at radius 1 is 1.35 bits per heavy atom. The molecule has 1 aliphatic heterocycles. The van der Waals surface area contributed by atoms with E-state index in [4.69, 9.17) is 4.74 Å². The predicted octanol–water partition coefficient (Wildman–Crippen LogP) is 1.74. The maximum absolute atomic E-state index is 10.1. The third-order valence-electron chi connectivity index (χ3n) is 5.94. The monoisotopic (exact) mass is 319 g/mol. The second-order valence-corrected chi connectivity index (χ2v) is 7.13. The number of ether oxygens (including phenoxy) is 1. The molecular weight excluding hydrogens is 290 g/mol. The fourth-order valence-corrected chi connectivity index (χ4v) is 3.98. The molecule has 2 N–H and O–H groups in total. The van der Waals surface area contributed by atoms with E-state index in [1.807, 2.05) is 12.4 Å². The van der Waals surface area contributed by atoms with Crippen LogP contribution >= 0.6 is 0 Å². The zero-order valence-corrected chi connectivity index (χ0v) is 14.3. The highest BCUT2D eigenvalue weighted by atomic mass is 16.5. The topological polar surface area (TPSA) is 57.6 Å². The van der Waals surface area contributed by atoms with Gasteiger partial charge in [0.15, 0.2) is 0 Å². The maximum Gasteiger partial charge on any atom is 0.0804 e. The minimum Gasteiger partial charge on any atom is -0.394 e. The van der Waals surface area contributed by atoms with Crippen molar-refractivity contribution >= 4 is 0 Å². The molecule has 3 rings (SSSR count). The van der Waals surface area contributed by atoms with Gasteiger partial charge in [-0.3, -0.25) is 9.88 Å². The molecule has 2 unspecified atom stereocenters. The third-order valence-corrected chi connectivity index (χ3v) is 5.94. The van der Waals surface area contributed by atoms with Gasteiger partial charge in [0.05, 0.1) is 25.4 Å². The molecule has 0 bridgehead atoms.